The third kappa shape index (κ3) is 3.46. The van der Waals surface area contributed by atoms with Crippen LogP contribution in [0.1, 0.15) is 32.7 Å². The minimum atomic E-state index is -3.24. The number of nitrogens with one attached hydrogen (secondary N) is 1. The highest BCUT2D eigenvalue weighted by molar-refractivity contribution is 14.1. The van der Waals surface area contributed by atoms with Gasteiger partial charge in [-0.15, -0.1) is 0 Å². The normalized spacial score (nSPS) is 14.7. The van der Waals surface area contributed by atoms with Crippen LogP contribution in [0.4, 0.5) is 5.82 Å². The predicted octanol–water partition coefficient (Wildman–Crippen LogP) is 3.77. The number of hydrogen-bond donors (Lipinski definition) is 1. The maximum Gasteiger partial charge on any atom is 0.257 e. The number of hydrogen-bond acceptors (Lipinski definition) is 4. The van der Waals surface area contributed by atoms with Crippen molar-refractivity contribution in [3.63, 3.8) is 0 Å². The maximum absolute atomic E-state index is 12.9. The second-order valence-electron chi connectivity index (χ2n) is 6.94. The summed E-state index contributed by atoms with van der Waals surface area (Å²) < 4.78 is 26.7. The molecule has 0 fully saturated rings. The minimum absolute atomic E-state index is 0.105. The van der Waals surface area contributed by atoms with Gasteiger partial charge in [-0.2, -0.15) is 5.10 Å². The second-order valence-corrected chi connectivity index (χ2v) is 10.2. The fourth-order valence-electron chi connectivity index (χ4n) is 3.41. The first-order chi connectivity index (χ1) is 13.2. The van der Waals surface area contributed by atoms with Crippen molar-refractivity contribution in [2.75, 3.05) is 5.32 Å². The van der Waals surface area contributed by atoms with E-state index in [4.69, 9.17) is 0 Å². The lowest BCUT2D eigenvalue weighted by Crippen LogP contribution is -2.18. The van der Waals surface area contributed by atoms with Gasteiger partial charge in [0, 0.05) is 9.13 Å². The van der Waals surface area contributed by atoms with E-state index in [1.807, 2.05) is 44.2 Å². The summed E-state index contributed by atoms with van der Waals surface area (Å²) in [5.41, 5.74) is 4.53. The summed E-state index contributed by atoms with van der Waals surface area (Å²) in [4.78, 5) is 12.9. The molecule has 0 unspecified atom stereocenters. The Kier molecular flexibility index (Phi) is 4.78. The van der Waals surface area contributed by atoms with Gasteiger partial charge in [-0.05, 0) is 60.2 Å². The molecule has 1 aliphatic rings. The van der Waals surface area contributed by atoms with E-state index in [9.17, 15) is 13.2 Å². The van der Waals surface area contributed by atoms with Gasteiger partial charge in [0.1, 0.15) is 5.82 Å². The van der Waals surface area contributed by atoms with Gasteiger partial charge in [-0.25, -0.2) is 13.1 Å². The average Bonchev–Trinajstić information content (AvgIpc) is 3.08. The number of aryl methyl sites for hydroxylation is 2. The Morgan fingerprint density at radius 3 is 2.61 bits per heavy atom. The summed E-state index contributed by atoms with van der Waals surface area (Å²) in [7, 11) is -3.24. The Bertz CT molecular complexity index is 1220. The number of fused-ring (bicyclic) bond motifs is 1. The second kappa shape index (κ2) is 7.00. The number of carbonyl (C=O) groups is 1. The molecule has 3 aromatic rings. The van der Waals surface area contributed by atoms with E-state index < -0.39 is 9.84 Å². The fourth-order valence-corrected chi connectivity index (χ4v) is 5.53. The Morgan fingerprint density at radius 1 is 1.14 bits per heavy atom. The highest BCUT2D eigenvalue weighted by Crippen LogP contribution is 2.34. The van der Waals surface area contributed by atoms with Crippen molar-refractivity contribution in [2.24, 2.45) is 0 Å². The molecule has 2 aromatic carbocycles. The molecule has 0 spiro atoms. The summed E-state index contributed by atoms with van der Waals surface area (Å²) in [5.74, 6) is -0.0866. The molecular weight excluding hydrogens is 489 g/mol. The maximum atomic E-state index is 12.9. The number of halogens is 1. The molecule has 1 aromatic heterocycles. The van der Waals surface area contributed by atoms with Crippen LogP contribution in [0.3, 0.4) is 0 Å². The number of aromatic nitrogens is 2. The van der Waals surface area contributed by atoms with Crippen LogP contribution in [0.2, 0.25) is 0 Å². The van der Waals surface area contributed by atoms with Gasteiger partial charge in [0.15, 0.2) is 9.84 Å². The zero-order chi connectivity index (χ0) is 20.1. The lowest BCUT2D eigenvalue weighted by Gasteiger charge is -2.14. The van der Waals surface area contributed by atoms with E-state index in [2.05, 4.69) is 33.0 Å². The van der Waals surface area contributed by atoms with Crippen LogP contribution in [-0.4, -0.2) is 24.1 Å². The molecule has 8 heteroatoms. The minimum Gasteiger partial charge on any atom is -0.306 e. The lowest BCUT2D eigenvalue weighted by atomic mass is 10.1. The smallest absolute Gasteiger partial charge is 0.257 e. The molecule has 0 bridgehead atoms. The monoisotopic (exact) mass is 507 g/mol. The molecule has 1 aliphatic heterocycles. The molecule has 1 N–H and O–H groups in total. The first kappa shape index (κ1) is 19.1. The summed E-state index contributed by atoms with van der Waals surface area (Å²) in [6.45, 7) is 3.98. The molecule has 28 heavy (non-hydrogen) atoms. The van der Waals surface area contributed by atoms with Gasteiger partial charge in [-0.3, -0.25) is 4.79 Å². The van der Waals surface area contributed by atoms with Crippen LogP contribution in [-0.2, 0) is 21.3 Å². The van der Waals surface area contributed by atoms with Crippen LogP contribution in [0.15, 0.2) is 42.5 Å². The van der Waals surface area contributed by atoms with Gasteiger partial charge < -0.3 is 5.32 Å². The average molecular weight is 507 g/mol. The molecule has 144 valence electrons. The molecule has 0 saturated heterocycles. The Hall–Kier alpha value is -2.20. The van der Waals surface area contributed by atoms with Crippen LogP contribution >= 0.6 is 22.6 Å². The van der Waals surface area contributed by atoms with Crippen molar-refractivity contribution in [3.05, 3.63) is 74.0 Å². The zero-order valence-electron chi connectivity index (χ0n) is 15.4. The largest absolute Gasteiger partial charge is 0.306 e. The summed E-state index contributed by atoms with van der Waals surface area (Å²) in [6.07, 6.45) is 0. The predicted molar refractivity (Wildman–Crippen MR) is 116 cm³/mol. The SMILES string of the molecule is Cc1ccc(-n2nc3c(c2NC(=O)c2ccccc2I)CS(=O)(=O)C3)c(C)c1. The van der Waals surface area contributed by atoms with Crippen molar-refractivity contribution in [2.45, 2.75) is 25.4 Å². The summed E-state index contributed by atoms with van der Waals surface area (Å²) >= 11 is 2.11. The van der Waals surface area contributed by atoms with Crippen LogP contribution < -0.4 is 5.32 Å². The van der Waals surface area contributed by atoms with Gasteiger partial charge in [-0.1, -0.05) is 29.8 Å². The number of carbonyl (C=O) groups excluding carboxylic acids is 1. The Labute approximate surface area is 177 Å². The van der Waals surface area contributed by atoms with E-state index in [1.165, 1.54) is 0 Å². The standard InChI is InChI=1S/C20H18IN3O3S/c1-12-7-8-18(13(2)9-12)24-19(15-10-28(26,27)11-17(15)23-24)22-20(25)14-5-3-4-6-16(14)21/h3-9H,10-11H2,1-2H3,(H,22,25). The van der Waals surface area contributed by atoms with Crippen LogP contribution in [0, 0.1) is 17.4 Å². The highest BCUT2D eigenvalue weighted by atomic mass is 127. The van der Waals surface area contributed by atoms with Gasteiger partial charge in [0.25, 0.3) is 5.91 Å². The lowest BCUT2D eigenvalue weighted by molar-refractivity contribution is 0.102. The van der Waals surface area contributed by atoms with Gasteiger partial charge in [0.05, 0.1) is 28.5 Å². The van der Waals surface area contributed by atoms with Crippen molar-refractivity contribution < 1.29 is 13.2 Å². The van der Waals surface area contributed by atoms with Gasteiger partial charge >= 0.3 is 0 Å². The number of sulfone groups is 1. The summed E-state index contributed by atoms with van der Waals surface area (Å²) in [6, 6.07) is 13.2. The molecule has 0 atom stereocenters. The van der Waals surface area contributed by atoms with Crippen molar-refractivity contribution in [1.29, 1.82) is 0 Å². The number of amides is 1. The number of nitrogens with zero attached hydrogens (tertiary/aromatic N) is 2. The molecular formula is C20H18IN3O3S. The number of anilines is 1. The third-order valence-corrected chi connectivity index (χ3v) is 7.10. The molecule has 0 saturated carbocycles. The van der Waals surface area contributed by atoms with E-state index in [0.717, 1.165) is 20.4 Å². The molecule has 0 aliphatic carbocycles. The topological polar surface area (TPSA) is 81.1 Å². The third-order valence-electron chi connectivity index (χ3n) is 4.72. The quantitative estimate of drug-likeness (QED) is 0.548. The van der Waals surface area contributed by atoms with E-state index in [1.54, 1.807) is 16.8 Å². The van der Waals surface area contributed by atoms with Crippen molar-refractivity contribution in [1.82, 2.24) is 9.78 Å². The molecule has 0 radical (unpaired) electrons. The molecule has 1 amide bonds. The van der Waals surface area contributed by atoms with Gasteiger partial charge in [0.2, 0.25) is 0 Å². The fraction of sp³-hybridized carbons (Fsp3) is 0.200. The van der Waals surface area contributed by atoms with Crippen molar-refractivity contribution >= 4 is 44.2 Å². The zero-order valence-corrected chi connectivity index (χ0v) is 18.3. The Balaban J connectivity index is 1.83. The van der Waals surface area contributed by atoms with Crippen LogP contribution in [0.5, 0.6) is 0 Å². The first-order valence-electron chi connectivity index (χ1n) is 8.70. The van der Waals surface area contributed by atoms with Crippen molar-refractivity contribution in [3.8, 4) is 5.69 Å². The Morgan fingerprint density at radius 2 is 1.89 bits per heavy atom. The van der Waals surface area contributed by atoms with E-state index >= 15 is 0 Å². The van der Waals surface area contributed by atoms with E-state index in [0.29, 0.717) is 22.6 Å². The molecule has 2 heterocycles. The van der Waals surface area contributed by atoms with Crippen LogP contribution in [0.25, 0.3) is 5.69 Å². The molecule has 4 rings (SSSR count). The number of rotatable bonds is 3. The molecule has 6 nitrogen and oxygen atoms in total. The number of benzene rings is 2. The van der Waals surface area contributed by atoms with E-state index in [-0.39, 0.29) is 17.4 Å². The summed E-state index contributed by atoms with van der Waals surface area (Å²) in [5, 5.41) is 7.46. The highest BCUT2D eigenvalue weighted by Gasteiger charge is 2.33. The first-order valence-corrected chi connectivity index (χ1v) is 11.6.